The van der Waals surface area contributed by atoms with Gasteiger partial charge in [0.05, 0.1) is 0 Å². The highest BCUT2D eigenvalue weighted by Gasteiger charge is 2.24. The van der Waals surface area contributed by atoms with Crippen LogP contribution < -0.4 is 0 Å². The molecule has 0 N–H and O–H groups in total. The first-order chi connectivity index (χ1) is 5.70. The van der Waals surface area contributed by atoms with Gasteiger partial charge in [0.2, 0.25) is 0 Å². The highest BCUT2D eigenvalue weighted by molar-refractivity contribution is 7.99. The van der Waals surface area contributed by atoms with E-state index < -0.39 is 0 Å². The first kappa shape index (κ1) is 10.7. The van der Waals surface area contributed by atoms with Crippen LogP contribution in [0.3, 0.4) is 0 Å². The van der Waals surface area contributed by atoms with Crippen LogP contribution in [0.5, 0.6) is 0 Å². The molecule has 0 aliphatic carbocycles. The van der Waals surface area contributed by atoms with Crippen LogP contribution in [-0.2, 0) is 0 Å². The Morgan fingerprint density at radius 3 is 2.67 bits per heavy atom. The summed E-state index contributed by atoms with van der Waals surface area (Å²) in [7, 11) is 0. The predicted octanol–water partition coefficient (Wildman–Crippen LogP) is 3.78. The van der Waals surface area contributed by atoms with E-state index in [1.165, 1.54) is 30.8 Å². The Morgan fingerprint density at radius 1 is 1.42 bits per heavy atom. The Morgan fingerprint density at radius 2 is 2.17 bits per heavy atom. The van der Waals surface area contributed by atoms with Gasteiger partial charge in [0, 0.05) is 11.1 Å². The number of rotatable bonds is 4. The molecule has 0 amide bonds. The normalized spacial score (nSPS) is 30.0. The number of hydrogen-bond acceptors (Lipinski definition) is 1. The van der Waals surface area contributed by atoms with Crippen molar-refractivity contribution in [1.82, 2.24) is 0 Å². The summed E-state index contributed by atoms with van der Waals surface area (Å²) in [6.45, 7) is 4.59. The van der Waals surface area contributed by atoms with Crippen molar-refractivity contribution in [3.63, 3.8) is 0 Å². The lowest BCUT2D eigenvalue weighted by atomic mass is 9.98. The van der Waals surface area contributed by atoms with Gasteiger partial charge in [-0.15, -0.1) is 11.6 Å². The Labute approximate surface area is 85.4 Å². The van der Waals surface area contributed by atoms with Crippen LogP contribution in [0.25, 0.3) is 0 Å². The average Bonchev–Trinajstić information content (AvgIpc) is 2.36. The zero-order valence-electron chi connectivity index (χ0n) is 8.05. The Hall–Kier alpha value is 0.640. The molecule has 0 saturated carbocycles. The standard InChI is InChI=1S/C10H19ClS/c1-8(2)4-3-5-9-6-12-7-10(9)11/h8-10H,3-7H2,1-2H3. The van der Waals surface area contributed by atoms with E-state index in [0.29, 0.717) is 5.38 Å². The summed E-state index contributed by atoms with van der Waals surface area (Å²) >= 11 is 8.19. The van der Waals surface area contributed by atoms with Crippen LogP contribution in [0.15, 0.2) is 0 Å². The first-order valence-electron chi connectivity index (χ1n) is 4.92. The number of hydrogen-bond donors (Lipinski definition) is 0. The van der Waals surface area contributed by atoms with Crippen molar-refractivity contribution in [2.75, 3.05) is 11.5 Å². The van der Waals surface area contributed by atoms with Crippen molar-refractivity contribution in [2.24, 2.45) is 11.8 Å². The van der Waals surface area contributed by atoms with Crippen LogP contribution in [0, 0.1) is 11.8 Å². The van der Waals surface area contributed by atoms with E-state index in [9.17, 15) is 0 Å². The van der Waals surface area contributed by atoms with E-state index >= 15 is 0 Å². The van der Waals surface area contributed by atoms with Crippen molar-refractivity contribution in [2.45, 2.75) is 38.5 Å². The highest BCUT2D eigenvalue weighted by Crippen LogP contribution is 2.32. The lowest BCUT2D eigenvalue weighted by molar-refractivity contribution is 0.467. The second-order valence-corrected chi connectivity index (χ2v) is 5.77. The quantitative estimate of drug-likeness (QED) is 0.631. The molecule has 0 aromatic rings. The van der Waals surface area contributed by atoms with Crippen molar-refractivity contribution in [3.05, 3.63) is 0 Å². The molecule has 0 aromatic heterocycles. The van der Waals surface area contributed by atoms with Gasteiger partial charge in [-0.05, 0) is 24.0 Å². The van der Waals surface area contributed by atoms with Gasteiger partial charge in [0.25, 0.3) is 0 Å². The molecule has 72 valence electrons. The third kappa shape index (κ3) is 3.57. The van der Waals surface area contributed by atoms with Gasteiger partial charge >= 0.3 is 0 Å². The molecule has 0 spiro atoms. The van der Waals surface area contributed by atoms with E-state index in [1.807, 2.05) is 11.8 Å². The Balaban J connectivity index is 2.06. The fourth-order valence-electron chi connectivity index (χ4n) is 1.62. The van der Waals surface area contributed by atoms with Gasteiger partial charge < -0.3 is 0 Å². The van der Waals surface area contributed by atoms with Gasteiger partial charge in [-0.25, -0.2) is 0 Å². The SMILES string of the molecule is CC(C)CCCC1CSCC1Cl. The van der Waals surface area contributed by atoms with Gasteiger partial charge in [-0.3, -0.25) is 0 Å². The fraction of sp³-hybridized carbons (Fsp3) is 1.00. The van der Waals surface area contributed by atoms with Crippen LogP contribution in [0.2, 0.25) is 0 Å². The topological polar surface area (TPSA) is 0 Å². The smallest absolute Gasteiger partial charge is 0.0462 e. The van der Waals surface area contributed by atoms with Crippen LogP contribution in [-0.4, -0.2) is 16.9 Å². The van der Waals surface area contributed by atoms with E-state index in [2.05, 4.69) is 13.8 Å². The molecule has 1 fully saturated rings. The minimum absolute atomic E-state index is 0.460. The van der Waals surface area contributed by atoms with Crippen LogP contribution in [0.4, 0.5) is 0 Å². The molecule has 1 aliphatic heterocycles. The van der Waals surface area contributed by atoms with Gasteiger partial charge in [-0.2, -0.15) is 11.8 Å². The Kier molecular flexibility index (Phi) is 4.81. The molecule has 0 nitrogen and oxygen atoms in total. The monoisotopic (exact) mass is 206 g/mol. The summed E-state index contributed by atoms with van der Waals surface area (Å²) in [4.78, 5) is 0. The molecule has 0 aromatic carbocycles. The predicted molar refractivity (Wildman–Crippen MR) is 59.1 cm³/mol. The summed E-state index contributed by atoms with van der Waals surface area (Å²) in [6, 6.07) is 0. The molecule has 2 unspecified atom stereocenters. The summed E-state index contributed by atoms with van der Waals surface area (Å²) in [5.74, 6) is 4.13. The third-order valence-electron chi connectivity index (χ3n) is 2.48. The molecule has 1 saturated heterocycles. The van der Waals surface area contributed by atoms with E-state index in [4.69, 9.17) is 11.6 Å². The third-order valence-corrected chi connectivity index (χ3v) is 4.43. The van der Waals surface area contributed by atoms with E-state index in [-0.39, 0.29) is 0 Å². The Bertz CT molecular complexity index is 125. The lowest BCUT2D eigenvalue weighted by Crippen LogP contribution is -2.11. The molecule has 12 heavy (non-hydrogen) atoms. The molecule has 1 aliphatic rings. The van der Waals surface area contributed by atoms with Crippen molar-refractivity contribution in [1.29, 1.82) is 0 Å². The zero-order chi connectivity index (χ0) is 8.97. The minimum atomic E-state index is 0.460. The van der Waals surface area contributed by atoms with E-state index in [0.717, 1.165) is 11.8 Å². The molecule has 0 radical (unpaired) electrons. The number of alkyl halides is 1. The van der Waals surface area contributed by atoms with Crippen molar-refractivity contribution >= 4 is 23.4 Å². The molecule has 2 atom stereocenters. The van der Waals surface area contributed by atoms with Crippen LogP contribution >= 0.6 is 23.4 Å². The molecule has 1 rings (SSSR count). The summed E-state index contributed by atoms with van der Waals surface area (Å²) in [5.41, 5.74) is 0. The fourth-order valence-corrected chi connectivity index (χ4v) is 3.55. The molecule has 1 heterocycles. The maximum Gasteiger partial charge on any atom is 0.0462 e. The maximum absolute atomic E-state index is 6.17. The molecule has 0 bridgehead atoms. The minimum Gasteiger partial charge on any atom is -0.160 e. The van der Waals surface area contributed by atoms with Gasteiger partial charge in [0.15, 0.2) is 0 Å². The summed E-state index contributed by atoms with van der Waals surface area (Å²) in [5, 5.41) is 0.460. The molecule has 2 heteroatoms. The number of thioether (sulfide) groups is 1. The van der Waals surface area contributed by atoms with E-state index in [1.54, 1.807) is 0 Å². The molecular weight excluding hydrogens is 188 g/mol. The lowest BCUT2D eigenvalue weighted by Gasteiger charge is -2.12. The highest BCUT2D eigenvalue weighted by atomic mass is 35.5. The zero-order valence-corrected chi connectivity index (χ0v) is 9.63. The average molecular weight is 207 g/mol. The van der Waals surface area contributed by atoms with Crippen molar-refractivity contribution < 1.29 is 0 Å². The van der Waals surface area contributed by atoms with Crippen molar-refractivity contribution in [3.8, 4) is 0 Å². The van der Waals surface area contributed by atoms with Gasteiger partial charge in [-0.1, -0.05) is 26.7 Å². The summed E-state index contributed by atoms with van der Waals surface area (Å²) in [6.07, 6.45) is 4.08. The second kappa shape index (κ2) is 5.39. The molecular formula is C10H19ClS. The summed E-state index contributed by atoms with van der Waals surface area (Å²) < 4.78 is 0. The van der Waals surface area contributed by atoms with Gasteiger partial charge in [0.1, 0.15) is 0 Å². The number of halogens is 1. The van der Waals surface area contributed by atoms with Crippen LogP contribution in [0.1, 0.15) is 33.1 Å². The maximum atomic E-state index is 6.17. The largest absolute Gasteiger partial charge is 0.160 e. The first-order valence-corrected chi connectivity index (χ1v) is 6.51. The second-order valence-electron chi connectivity index (χ2n) is 4.14.